The maximum Gasteiger partial charge on any atom is 0.0534 e. The van der Waals surface area contributed by atoms with Crippen molar-refractivity contribution in [2.75, 3.05) is 13.2 Å². The van der Waals surface area contributed by atoms with E-state index < -0.39 is 0 Å². The summed E-state index contributed by atoms with van der Waals surface area (Å²) in [5, 5.41) is 16.5. The second-order valence-corrected chi connectivity index (χ2v) is 4.87. The van der Waals surface area contributed by atoms with Crippen LogP contribution in [0.1, 0.15) is 50.1 Å². The molecular formula is C13H24ClN3O. The molecule has 0 unspecified atom stereocenters. The van der Waals surface area contributed by atoms with Crippen LogP contribution in [-0.4, -0.2) is 28.0 Å². The van der Waals surface area contributed by atoms with Gasteiger partial charge in [-0.3, -0.25) is 4.68 Å². The van der Waals surface area contributed by atoms with Crippen molar-refractivity contribution in [2.24, 2.45) is 0 Å². The fourth-order valence-corrected chi connectivity index (χ4v) is 2.43. The number of rotatable bonds is 7. The molecule has 0 saturated heterocycles. The molecule has 5 heteroatoms. The second-order valence-electron chi connectivity index (χ2n) is 4.87. The molecule has 0 aromatic carbocycles. The minimum atomic E-state index is 0. The summed E-state index contributed by atoms with van der Waals surface area (Å²) in [5.74, 6) is 0. The molecule has 0 atom stereocenters. The SMILES string of the molecule is Cl.OCCCCNCc1cnn(C2CCCC2)c1. The molecule has 1 fully saturated rings. The molecule has 1 heterocycles. The zero-order chi connectivity index (χ0) is 11.9. The van der Waals surface area contributed by atoms with Crippen LogP contribution in [0.5, 0.6) is 0 Å². The Morgan fingerprint density at radius 2 is 2.11 bits per heavy atom. The van der Waals surface area contributed by atoms with Gasteiger partial charge in [-0.15, -0.1) is 12.4 Å². The summed E-state index contributed by atoms with van der Waals surface area (Å²) < 4.78 is 2.14. The van der Waals surface area contributed by atoms with Gasteiger partial charge < -0.3 is 10.4 Å². The summed E-state index contributed by atoms with van der Waals surface area (Å²) in [6.07, 6.45) is 11.3. The monoisotopic (exact) mass is 273 g/mol. The lowest BCUT2D eigenvalue weighted by molar-refractivity contribution is 0.283. The Kier molecular flexibility index (Phi) is 7.32. The summed E-state index contributed by atoms with van der Waals surface area (Å²) in [4.78, 5) is 0. The van der Waals surface area contributed by atoms with E-state index in [2.05, 4.69) is 21.3 Å². The van der Waals surface area contributed by atoms with Crippen LogP contribution in [-0.2, 0) is 6.54 Å². The van der Waals surface area contributed by atoms with Crippen molar-refractivity contribution < 1.29 is 5.11 Å². The Hall–Kier alpha value is -0.580. The van der Waals surface area contributed by atoms with E-state index in [1.807, 2.05) is 6.20 Å². The molecule has 0 aliphatic heterocycles. The molecule has 2 N–H and O–H groups in total. The van der Waals surface area contributed by atoms with Crippen molar-refractivity contribution >= 4 is 12.4 Å². The zero-order valence-electron chi connectivity index (χ0n) is 10.8. The van der Waals surface area contributed by atoms with E-state index in [9.17, 15) is 0 Å². The number of nitrogens with zero attached hydrogens (tertiary/aromatic N) is 2. The van der Waals surface area contributed by atoms with E-state index in [-0.39, 0.29) is 12.4 Å². The summed E-state index contributed by atoms with van der Waals surface area (Å²) in [7, 11) is 0. The highest BCUT2D eigenvalue weighted by Gasteiger charge is 2.17. The topological polar surface area (TPSA) is 50.1 Å². The highest BCUT2D eigenvalue weighted by Crippen LogP contribution is 2.28. The highest BCUT2D eigenvalue weighted by atomic mass is 35.5. The van der Waals surface area contributed by atoms with Crippen LogP contribution in [0.4, 0.5) is 0 Å². The maximum atomic E-state index is 8.67. The molecule has 1 saturated carbocycles. The van der Waals surface area contributed by atoms with Gasteiger partial charge in [0.05, 0.1) is 12.2 Å². The first-order valence-corrected chi connectivity index (χ1v) is 6.75. The number of hydrogen-bond acceptors (Lipinski definition) is 3. The third-order valence-electron chi connectivity index (χ3n) is 3.44. The summed E-state index contributed by atoms with van der Waals surface area (Å²) >= 11 is 0. The minimum absolute atomic E-state index is 0. The van der Waals surface area contributed by atoms with E-state index in [1.165, 1.54) is 31.2 Å². The molecule has 0 spiro atoms. The lowest BCUT2D eigenvalue weighted by Gasteiger charge is -2.08. The minimum Gasteiger partial charge on any atom is -0.396 e. The third kappa shape index (κ3) is 4.59. The van der Waals surface area contributed by atoms with Crippen LogP contribution in [0.15, 0.2) is 12.4 Å². The first-order valence-electron chi connectivity index (χ1n) is 6.75. The van der Waals surface area contributed by atoms with Crippen molar-refractivity contribution in [1.29, 1.82) is 0 Å². The van der Waals surface area contributed by atoms with Crippen molar-refractivity contribution in [3.63, 3.8) is 0 Å². The Balaban J connectivity index is 0.00000162. The lowest BCUT2D eigenvalue weighted by Crippen LogP contribution is -2.14. The predicted octanol–water partition coefficient (Wildman–Crippen LogP) is 2.28. The van der Waals surface area contributed by atoms with Crippen molar-refractivity contribution in [1.82, 2.24) is 15.1 Å². The van der Waals surface area contributed by atoms with Crippen molar-refractivity contribution in [2.45, 2.75) is 51.1 Å². The van der Waals surface area contributed by atoms with Gasteiger partial charge in [-0.05, 0) is 32.2 Å². The van der Waals surface area contributed by atoms with Gasteiger partial charge >= 0.3 is 0 Å². The maximum absolute atomic E-state index is 8.67. The van der Waals surface area contributed by atoms with E-state index >= 15 is 0 Å². The first kappa shape index (κ1) is 15.5. The standard InChI is InChI=1S/C13H23N3O.ClH/c17-8-4-3-7-14-9-12-10-15-16(11-12)13-5-1-2-6-13;/h10-11,13-14,17H,1-9H2;1H. The molecule has 104 valence electrons. The first-order chi connectivity index (χ1) is 8.40. The largest absolute Gasteiger partial charge is 0.396 e. The predicted molar refractivity (Wildman–Crippen MR) is 75.0 cm³/mol. The van der Waals surface area contributed by atoms with Gasteiger partial charge in [0.1, 0.15) is 0 Å². The van der Waals surface area contributed by atoms with Gasteiger partial charge in [0.15, 0.2) is 0 Å². The molecule has 1 aliphatic carbocycles. The van der Waals surface area contributed by atoms with Crippen molar-refractivity contribution in [3.8, 4) is 0 Å². The third-order valence-corrected chi connectivity index (χ3v) is 3.44. The molecular weight excluding hydrogens is 250 g/mol. The molecule has 0 bridgehead atoms. The molecule has 0 radical (unpaired) electrons. The van der Waals surface area contributed by atoms with E-state index in [0.717, 1.165) is 25.9 Å². The Morgan fingerprint density at radius 1 is 1.33 bits per heavy atom. The van der Waals surface area contributed by atoms with Crippen LogP contribution < -0.4 is 5.32 Å². The molecule has 1 aromatic heterocycles. The van der Waals surface area contributed by atoms with Gasteiger partial charge in [0, 0.05) is 24.9 Å². The smallest absolute Gasteiger partial charge is 0.0534 e. The lowest BCUT2D eigenvalue weighted by atomic mass is 10.2. The molecule has 1 aliphatic rings. The van der Waals surface area contributed by atoms with E-state index in [0.29, 0.717) is 12.6 Å². The fraction of sp³-hybridized carbons (Fsp3) is 0.769. The molecule has 1 aromatic rings. The summed E-state index contributed by atoms with van der Waals surface area (Å²) in [6, 6.07) is 0.637. The number of nitrogens with one attached hydrogen (secondary N) is 1. The number of hydrogen-bond donors (Lipinski definition) is 2. The Labute approximate surface area is 115 Å². The summed E-state index contributed by atoms with van der Waals surface area (Å²) in [6.45, 7) is 2.15. The molecule has 4 nitrogen and oxygen atoms in total. The Bertz CT molecular complexity index is 324. The van der Waals surface area contributed by atoms with Gasteiger partial charge in [0.2, 0.25) is 0 Å². The number of aliphatic hydroxyl groups is 1. The quantitative estimate of drug-likeness (QED) is 0.750. The van der Waals surface area contributed by atoms with Crippen LogP contribution in [0, 0.1) is 0 Å². The average molecular weight is 274 g/mol. The van der Waals surface area contributed by atoms with Gasteiger partial charge in [0.25, 0.3) is 0 Å². The number of unbranched alkanes of at least 4 members (excludes halogenated alkanes) is 1. The second kappa shape index (κ2) is 8.51. The van der Waals surface area contributed by atoms with Crippen molar-refractivity contribution in [3.05, 3.63) is 18.0 Å². The van der Waals surface area contributed by atoms with Gasteiger partial charge in [-0.2, -0.15) is 5.10 Å². The molecule has 0 amide bonds. The van der Waals surface area contributed by atoms with Gasteiger partial charge in [-0.25, -0.2) is 0 Å². The van der Waals surface area contributed by atoms with E-state index in [4.69, 9.17) is 5.11 Å². The van der Waals surface area contributed by atoms with Crippen LogP contribution in [0.3, 0.4) is 0 Å². The number of aliphatic hydroxyl groups excluding tert-OH is 1. The normalized spacial score (nSPS) is 15.8. The Morgan fingerprint density at radius 3 is 2.83 bits per heavy atom. The number of halogens is 1. The van der Waals surface area contributed by atoms with Crippen LogP contribution in [0.2, 0.25) is 0 Å². The average Bonchev–Trinajstić information content (AvgIpc) is 2.99. The number of aromatic nitrogens is 2. The van der Waals surface area contributed by atoms with Crippen LogP contribution >= 0.6 is 12.4 Å². The zero-order valence-corrected chi connectivity index (χ0v) is 11.7. The highest BCUT2D eigenvalue weighted by molar-refractivity contribution is 5.85. The van der Waals surface area contributed by atoms with Gasteiger partial charge in [-0.1, -0.05) is 12.8 Å². The molecule has 2 rings (SSSR count). The van der Waals surface area contributed by atoms with Crippen LogP contribution in [0.25, 0.3) is 0 Å². The summed E-state index contributed by atoms with van der Waals surface area (Å²) in [5.41, 5.74) is 1.26. The molecule has 18 heavy (non-hydrogen) atoms. The van der Waals surface area contributed by atoms with E-state index in [1.54, 1.807) is 0 Å². The fourth-order valence-electron chi connectivity index (χ4n) is 2.43.